The van der Waals surface area contributed by atoms with E-state index in [-0.39, 0.29) is 22.8 Å². The van der Waals surface area contributed by atoms with Gasteiger partial charge in [-0.1, -0.05) is 17.3 Å². The first-order valence-corrected chi connectivity index (χ1v) is 7.99. The van der Waals surface area contributed by atoms with Crippen molar-refractivity contribution in [3.63, 3.8) is 0 Å². The molecule has 3 aromatic rings. The van der Waals surface area contributed by atoms with Gasteiger partial charge in [0.25, 0.3) is 5.56 Å². The fraction of sp³-hybridized carbons (Fsp3) is 0.375. The average molecular weight is 328 g/mol. The molecular formula is C16H17FN6O. The van der Waals surface area contributed by atoms with Crippen LogP contribution in [0.3, 0.4) is 0 Å². The van der Waals surface area contributed by atoms with Crippen molar-refractivity contribution >= 4 is 11.2 Å². The number of rotatable bonds is 3. The van der Waals surface area contributed by atoms with Crippen LogP contribution in [0.15, 0.2) is 29.1 Å². The maximum absolute atomic E-state index is 13.0. The van der Waals surface area contributed by atoms with Gasteiger partial charge >= 0.3 is 0 Å². The molecule has 3 heterocycles. The van der Waals surface area contributed by atoms with Gasteiger partial charge in [-0.2, -0.15) is 0 Å². The molecule has 124 valence electrons. The van der Waals surface area contributed by atoms with E-state index in [1.807, 2.05) is 0 Å². The largest absolute Gasteiger partial charge is 0.316 e. The lowest BCUT2D eigenvalue weighted by atomic mass is 9.99. The molecule has 1 fully saturated rings. The standard InChI is InChI=1S/C16H17FN6O/c17-12-5-3-10(4-6-12)9-23-15-13(21-22-23)16(24)20-14(19-15)11-2-1-7-18-8-11/h3-6,11,18H,1-2,7-9H2,(H,19,20,24). The summed E-state index contributed by atoms with van der Waals surface area (Å²) >= 11 is 0. The van der Waals surface area contributed by atoms with Gasteiger partial charge in [-0.25, -0.2) is 14.1 Å². The minimum Gasteiger partial charge on any atom is -0.316 e. The van der Waals surface area contributed by atoms with Crippen LogP contribution in [0.4, 0.5) is 4.39 Å². The van der Waals surface area contributed by atoms with Gasteiger partial charge in [0.15, 0.2) is 11.2 Å². The monoisotopic (exact) mass is 328 g/mol. The molecule has 2 N–H and O–H groups in total. The number of hydrogen-bond donors (Lipinski definition) is 2. The molecule has 0 amide bonds. The van der Waals surface area contributed by atoms with E-state index < -0.39 is 0 Å². The molecule has 0 bridgehead atoms. The van der Waals surface area contributed by atoms with Crippen LogP contribution in [0.25, 0.3) is 11.2 Å². The molecule has 1 atom stereocenters. The molecule has 8 heteroatoms. The van der Waals surface area contributed by atoms with Crippen molar-refractivity contribution in [1.29, 1.82) is 0 Å². The van der Waals surface area contributed by atoms with Gasteiger partial charge < -0.3 is 10.3 Å². The van der Waals surface area contributed by atoms with Crippen LogP contribution in [-0.4, -0.2) is 38.1 Å². The lowest BCUT2D eigenvalue weighted by Crippen LogP contribution is -2.30. The summed E-state index contributed by atoms with van der Waals surface area (Å²) in [6.45, 7) is 2.18. The SMILES string of the molecule is O=c1[nH]c(C2CCCNC2)nc2c1nnn2Cc1ccc(F)cc1. The van der Waals surface area contributed by atoms with Crippen molar-refractivity contribution in [3.8, 4) is 0 Å². The quantitative estimate of drug-likeness (QED) is 0.753. The lowest BCUT2D eigenvalue weighted by molar-refractivity contribution is 0.446. The number of hydrogen-bond acceptors (Lipinski definition) is 5. The highest BCUT2D eigenvalue weighted by Gasteiger charge is 2.20. The summed E-state index contributed by atoms with van der Waals surface area (Å²) < 4.78 is 14.6. The van der Waals surface area contributed by atoms with Crippen molar-refractivity contribution in [2.45, 2.75) is 25.3 Å². The first-order chi connectivity index (χ1) is 11.7. The van der Waals surface area contributed by atoms with Crippen molar-refractivity contribution in [1.82, 2.24) is 30.3 Å². The molecule has 0 aliphatic carbocycles. The van der Waals surface area contributed by atoms with Gasteiger partial charge in [0.05, 0.1) is 6.54 Å². The topological polar surface area (TPSA) is 88.5 Å². The van der Waals surface area contributed by atoms with Gasteiger partial charge in [0.1, 0.15) is 11.6 Å². The third-order valence-corrected chi connectivity index (χ3v) is 4.32. The van der Waals surface area contributed by atoms with Crippen LogP contribution in [0.1, 0.15) is 30.1 Å². The van der Waals surface area contributed by atoms with E-state index in [9.17, 15) is 9.18 Å². The third-order valence-electron chi connectivity index (χ3n) is 4.32. The van der Waals surface area contributed by atoms with Gasteiger partial charge in [-0.05, 0) is 37.1 Å². The molecule has 0 saturated carbocycles. The summed E-state index contributed by atoms with van der Waals surface area (Å²) in [6.07, 6.45) is 2.04. The Morgan fingerprint density at radius 3 is 2.88 bits per heavy atom. The Morgan fingerprint density at radius 1 is 1.29 bits per heavy atom. The summed E-state index contributed by atoms with van der Waals surface area (Å²) in [5.41, 5.74) is 1.28. The maximum atomic E-state index is 13.0. The van der Waals surface area contributed by atoms with E-state index in [1.54, 1.807) is 16.8 Å². The normalized spacial score (nSPS) is 18.1. The minimum atomic E-state index is -0.288. The van der Waals surface area contributed by atoms with E-state index in [1.165, 1.54) is 12.1 Å². The Kier molecular flexibility index (Phi) is 3.81. The molecule has 1 saturated heterocycles. The first-order valence-electron chi connectivity index (χ1n) is 7.99. The fourth-order valence-corrected chi connectivity index (χ4v) is 3.03. The van der Waals surface area contributed by atoms with E-state index >= 15 is 0 Å². The highest BCUT2D eigenvalue weighted by atomic mass is 19.1. The fourth-order valence-electron chi connectivity index (χ4n) is 3.03. The van der Waals surface area contributed by atoms with Gasteiger partial charge in [-0.15, -0.1) is 5.10 Å². The van der Waals surface area contributed by atoms with Crippen molar-refractivity contribution < 1.29 is 4.39 Å². The second-order valence-corrected chi connectivity index (χ2v) is 6.04. The third kappa shape index (κ3) is 2.80. The number of aromatic nitrogens is 5. The number of H-pyrrole nitrogens is 1. The Labute approximate surface area is 136 Å². The molecular weight excluding hydrogens is 311 g/mol. The summed E-state index contributed by atoms with van der Waals surface area (Å²) in [6, 6.07) is 6.16. The Balaban J connectivity index is 1.72. The Bertz CT molecular complexity index is 910. The zero-order chi connectivity index (χ0) is 16.5. The maximum Gasteiger partial charge on any atom is 0.281 e. The number of aromatic amines is 1. The number of nitrogens with zero attached hydrogens (tertiary/aromatic N) is 4. The highest BCUT2D eigenvalue weighted by molar-refractivity contribution is 5.68. The van der Waals surface area contributed by atoms with Crippen LogP contribution < -0.4 is 10.9 Å². The van der Waals surface area contributed by atoms with Crippen molar-refractivity contribution in [3.05, 3.63) is 51.8 Å². The molecule has 1 unspecified atom stereocenters. The number of fused-ring (bicyclic) bond motifs is 1. The number of piperidine rings is 1. The van der Waals surface area contributed by atoms with Crippen LogP contribution in [-0.2, 0) is 6.54 Å². The molecule has 2 aromatic heterocycles. The van der Waals surface area contributed by atoms with Crippen molar-refractivity contribution in [2.24, 2.45) is 0 Å². The second-order valence-electron chi connectivity index (χ2n) is 6.04. The molecule has 24 heavy (non-hydrogen) atoms. The zero-order valence-corrected chi connectivity index (χ0v) is 13.0. The Morgan fingerprint density at radius 2 is 2.12 bits per heavy atom. The molecule has 7 nitrogen and oxygen atoms in total. The lowest BCUT2D eigenvalue weighted by Gasteiger charge is -2.21. The van der Waals surface area contributed by atoms with E-state index in [0.29, 0.717) is 18.0 Å². The van der Waals surface area contributed by atoms with Crippen LogP contribution in [0, 0.1) is 5.82 Å². The molecule has 0 spiro atoms. The minimum absolute atomic E-state index is 0.185. The van der Waals surface area contributed by atoms with Crippen LogP contribution in [0.2, 0.25) is 0 Å². The van der Waals surface area contributed by atoms with Gasteiger partial charge in [0, 0.05) is 12.5 Å². The van der Waals surface area contributed by atoms with Gasteiger partial charge in [-0.3, -0.25) is 4.79 Å². The number of nitrogens with one attached hydrogen (secondary N) is 2. The highest BCUT2D eigenvalue weighted by Crippen LogP contribution is 2.20. The van der Waals surface area contributed by atoms with Crippen LogP contribution in [0.5, 0.6) is 0 Å². The van der Waals surface area contributed by atoms with Gasteiger partial charge in [0.2, 0.25) is 0 Å². The van der Waals surface area contributed by atoms with E-state index in [0.717, 1.165) is 31.5 Å². The summed E-state index contributed by atoms with van der Waals surface area (Å²) in [5, 5.41) is 11.3. The molecule has 1 aromatic carbocycles. The summed E-state index contributed by atoms with van der Waals surface area (Å²) in [7, 11) is 0. The predicted molar refractivity (Wildman–Crippen MR) is 86.3 cm³/mol. The van der Waals surface area contributed by atoms with E-state index in [2.05, 4.69) is 25.6 Å². The number of halogens is 1. The second kappa shape index (κ2) is 6.12. The zero-order valence-electron chi connectivity index (χ0n) is 13.0. The number of benzene rings is 1. The molecule has 1 aliphatic heterocycles. The van der Waals surface area contributed by atoms with E-state index in [4.69, 9.17) is 0 Å². The first kappa shape index (κ1) is 14.9. The predicted octanol–water partition coefficient (Wildman–Crippen LogP) is 1.17. The molecule has 4 rings (SSSR count). The van der Waals surface area contributed by atoms with Crippen molar-refractivity contribution in [2.75, 3.05) is 13.1 Å². The summed E-state index contributed by atoms with van der Waals surface area (Å²) in [4.78, 5) is 19.7. The summed E-state index contributed by atoms with van der Waals surface area (Å²) in [5.74, 6) is 0.566. The molecule has 0 radical (unpaired) electrons. The Hall–Kier alpha value is -2.61. The average Bonchev–Trinajstić information content (AvgIpc) is 3.01. The molecule has 1 aliphatic rings. The van der Waals surface area contributed by atoms with Crippen LogP contribution >= 0.6 is 0 Å². The smallest absolute Gasteiger partial charge is 0.281 e.